The van der Waals surface area contributed by atoms with Crippen LogP contribution in [0.4, 0.5) is 0 Å². The first-order chi connectivity index (χ1) is 14.8. The molecule has 7 nitrogen and oxygen atoms in total. The molecule has 0 radical (unpaired) electrons. The SMILES string of the molecule is C=C(C)c1nc(COCC)n(Cc2ccc(-c3ccccc3C(=O)O)cc2)c1C(=O)O. The normalized spacial score (nSPS) is 10.8. The van der Waals surface area contributed by atoms with Crippen LogP contribution in [0.1, 0.15) is 51.8 Å². The molecule has 160 valence electrons. The summed E-state index contributed by atoms with van der Waals surface area (Å²) in [4.78, 5) is 27.9. The summed E-state index contributed by atoms with van der Waals surface area (Å²) >= 11 is 0. The summed E-state index contributed by atoms with van der Waals surface area (Å²) in [5.74, 6) is -1.56. The van der Waals surface area contributed by atoms with E-state index in [4.69, 9.17) is 4.74 Å². The molecule has 3 rings (SSSR count). The van der Waals surface area contributed by atoms with E-state index in [-0.39, 0.29) is 24.4 Å². The third-order valence-electron chi connectivity index (χ3n) is 4.85. The van der Waals surface area contributed by atoms with Crippen molar-refractivity contribution >= 4 is 17.5 Å². The van der Waals surface area contributed by atoms with E-state index in [1.165, 1.54) is 0 Å². The molecular formula is C24H24N2O5. The summed E-state index contributed by atoms with van der Waals surface area (Å²) in [5.41, 5.74) is 3.44. The predicted octanol–water partition coefficient (Wildman–Crippen LogP) is 4.56. The summed E-state index contributed by atoms with van der Waals surface area (Å²) in [6.07, 6.45) is 0. The maximum atomic E-state index is 12.0. The quantitative estimate of drug-likeness (QED) is 0.526. The molecule has 0 aliphatic carbocycles. The minimum absolute atomic E-state index is 0.0718. The number of nitrogens with zero attached hydrogens (tertiary/aromatic N) is 2. The average molecular weight is 420 g/mol. The highest BCUT2D eigenvalue weighted by Crippen LogP contribution is 2.26. The van der Waals surface area contributed by atoms with Crippen LogP contribution in [0.3, 0.4) is 0 Å². The van der Waals surface area contributed by atoms with Gasteiger partial charge in [0.05, 0.1) is 11.3 Å². The fourth-order valence-electron chi connectivity index (χ4n) is 3.38. The molecule has 0 spiro atoms. The molecule has 1 heterocycles. The fourth-order valence-corrected chi connectivity index (χ4v) is 3.38. The minimum Gasteiger partial charge on any atom is -0.478 e. The largest absolute Gasteiger partial charge is 0.478 e. The van der Waals surface area contributed by atoms with E-state index in [2.05, 4.69) is 11.6 Å². The summed E-state index contributed by atoms with van der Waals surface area (Å²) in [6, 6.07) is 14.2. The van der Waals surface area contributed by atoms with Gasteiger partial charge in [0.2, 0.25) is 0 Å². The van der Waals surface area contributed by atoms with E-state index in [0.29, 0.717) is 29.3 Å². The fraction of sp³-hybridized carbons (Fsp3) is 0.208. The van der Waals surface area contributed by atoms with Crippen molar-refractivity contribution in [1.29, 1.82) is 0 Å². The lowest BCUT2D eigenvalue weighted by Crippen LogP contribution is -2.14. The lowest BCUT2D eigenvalue weighted by Gasteiger charge is -2.12. The highest BCUT2D eigenvalue weighted by Gasteiger charge is 2.23. The smallest absolute Gasteiger partial charge is 0.354 e. The Kier molecular flexibility index (Phi) is 6.67. The van der Waals surface area contributed by atoms with Crippen molar-refractivity contribution in [2.45, 2.75) is 27.0 Å². The van der Waals surface area contributed by atoms with Gasteiger partial charge < -0.3 is 19.5 Å². The van der Waals surface area contributed by atoms with E-state index >= 15 is 0 Å². The number of rotatable bonds is 9. The van der Waals surface area contributed by atoms with Gasteiger partial charge in [0.25, 0.3) is 0 Å². The maximum absolute atomic E-state index is 12.0. The Morgan fingerprint density at radius 3 is 2.32 bits per heavy atom. The molecule has 0 fully saturated rings. The third kappa shape index (κ3) is 4.73. The van der Waals surface area contributed by atoms with Gasteiger partial charge in [0.15, 0.2) is 5.69 Å². The van der Waals surface area contributed by atoms with Gasteiger partial charge in [-0.3, -0.25) is 0 Å². The van der Waals surface area contributed by atoms with E-state index in [0.717, 1.165) is 11.1 Å². The zero-order valence-electron chi connectivity index (χ0n) is 17.5. The average Bonchev–Trinajstić information content (AvgIpc) is 3.11. The Labute approximate surface area is 180 Å². The second kappa shape index (κ2) is 9.40. The van der Waals surface area contributed by atoms with Crippen LogP contribution in [0.2, 0.25) is 0 Å². The zero-order valence-corrected chi connectivity index (χ0v) is 17.5. The van der Waals surface area contributed by atoms with Crippen molar-refractivity contribution in [2.75, 3.05) is 6.61 Å². The monoisotopic (exact) mass is 420 g/mol. The number of imidazole rings is 1. The van der Waals surface area contributed by atoms with Crippen LogP contribution in [0.15, 0.2) is 55.1 Å². The predicted molar refractivity (Wildman–Crippen MR) is 117 cm³/mol. The number of aromatic carboxylic acids is 2. The Morgan fingerprint density at radius 2 is 1.74 bits per heavy atom. The lowest BCUT2D eigenvalue weighted by atomic mass is 9.99. The van der Waals surface area contributed by atoms with Gasteiger partial charge in [-0.15, -0.1) is 0 Å². The van der Waals surface area contributed by atoms with Crippen LogP contribution in [-0.2, 0) is 17.9 Å². The number of carbonyl (C=O) groups is 2. The third-order valence-corrected chi connectivity index (χ3v) is 4.85. The first-order valence-corrected chi connectivity index (χ1v) is 9.81. The molecule has 0 aliphatic heterocycles. The second-order valence-corrected chi connectivity index (χ2v) is 7.08. The van der Waals surface area contributed by atoms with Gasteiger partial charge >= 0.3 is 11.9 Å². The summed E-state index contributed by atoms with van der Waals surface area (Å²) < 4.78 is 7.10. The molecule has 2 aromatic carbocycles. The number of hydrogen-bond donors (Lipinski definition) is 2. The van der Waals surface area contributed by atoms with Crippen LogP contribution in [-0.4, -0.2) is 38.3 Å². The van der Waals surface area contributed by atoms with Crippen LogP contribution < -0.4 is 0 Å². The first kappa shape index (κ1) is 22.0. The van der Waals surface area contributed by atoms with Crippen molar-refractivity contribution in [3.8, 4) is 11.1 Å². The molecule has 0 atom stereocenters. The Bertz CT molecular complexity index is 1130. The summed E-state index contributed by atoms with van der Waals surface area (Å²) in [7, 11) is 0. The number of aromatic nitrogens is 2. The number of hydrogen-bond acceptors (Lipinski definition) is 4. The maximum Gasteiger partial charge on any atom is 0.354 e. The van der Waals surface area contributed by atoms with Crippen LogP contribution >= 0.6 is 0 Å². The molecule has 7 heteroatoms. The Hall–Kier alpha value is -3.71. The van der Waals surface area contributed by atoms with Gasteiger partial charge in [-0.25, -0.2) is 14.6 Å². The van der Waals surface area contributed by atoms with Gasteiger partial charge in [-0.1, -0.05) is 49.0 Å². The van der Waals surface area contributed by atoms with Crippen molar-refractivity contribution in [1.82, 2.24) is 9.55 Å². The molecule has 31 heavy (non-hydrogen) atoms. The number of carboxylic acid groups (broad SMARTS) is 2. The number of benzene rings is 2. The minimum atomic E-state index is -1.08. The lowest BCUT2D eigenvalue weighted by molar-refractivity contribution is 0.0677. The molecular weight excluding hydrogens is 396 g/mol. The van der Waals surface area contributed by atoms with E-state index in [9.17, 15) is 19.8 Å². The van der Waals surface area contributed by atoms with Crippen LogP contribution in [0.5, 0.6) is 0 Å². The topological polar surface area (TPSA) is 102 Å². The van der Waals surface area contributed by atoms with Crippen molar-refractivity contribution in [3.63, 3.8) is 0 Å². The second-order valence-electron chi connectivity index (χ2n) is 7.08. The van der Waals surface area contributed by atoms with E-state index < -0.39 is 11.9 Å². The highest BCUT2D eigenvalue weighted by molar-refractivity contribution is 5.96. The molecule has 0 amide bonds. The van der Waals surface area contributed by atoms with Crippen molar-refractivity contribution in [2.24, 2.45) is 0 Å². The molecule has 0 unspecified atom stereocenters. The number of allylic oxidation sites excluding steroid dienone is 1. The number of ether oxygens (including phenoxy) is 1. The summed E-state index contributed by atoms with van der Waals surface area (Å²) in [6.45, 7) is 8.38. The molecule has 0 saturated carbocycles. The molecule has 1 aromatic heterocycles. The van der Waals surface area contributed by atoms with Gasteiger partial charge in [-0.05, 0) is 42.2 Å². The van der Waals surface area contributed by atoms with Crippen LogP contribution in [0.25, 0.3) is 16.7 Å². The number of carboxylic acids is 2. The van der Waals surface area contributed by atoms with Crippen LogP contribution in [0, 0.1) is 0 Å². The molecule has 0 aliphatic rings. The molecule has 0 saturated heterocycles. The van der Waals surface area contributed by atoms with Gasteiger partial charge in [0.1, 0.15) is 12.4 Å². The first-order valence-electron chi connectivity index (χ1n) is 9.81. The standard InChI is InChI=1S/C24H24N2O5/c1-4-31-14-20-25-21(15(2)3)22(24(29)30)26(20)13-16-9-11-17(12-10-16)18-7-5-6-8-19(18)23(27)28/h5-12H,2,4,13-14H2,1,3H3,(H,27,28)(H,29,30). The molecule has 3 aromatic rings. The van der Waals surface area contributed by atoms with Crippen molar-refractivity contribution in [3.05, 3.63) is 83.4 Å². The van der Waals surface area contributed by atoms with Gasteiger partial charge in [0, 0.05) is 13.2 Å². The Balaban J connectivity index is 1.98. The Morgan fingerprint density at radius 1 is 1.06 bits per heavy atom. The highest BCUT2D eigenvalue weighted by atomic mass is 16.5. The van der Waals surface area contributed by atoms with Gasteiger partial charge in [-0.2, -0.15) is 0 Å². The van der Waals surface area contributed by atoms with E-state index in [1.54, 1.807) is 35.8 Å². The molecule has 2 N–H and O–H groups in total. The summed E-state index contributed by atoms with van der Waals surface area (Å²) in [5, 5.41) is 19.2. The van der Waals surface area contributed by atoms with E-state index in [1.807, 2.05) is 31.2 Å². The zero-order chi connectivity index (χ0) is 22.5. The van der Waals surface area contributed by atoms with Crippen molar-refractivity contribution < 1.29 is 24.5 Å². The molecule has 0 bridgehead atoms.